The van der Waals surface area contributed by atoms with Gasteiger partial charge in [-0.15, -0.1) is 0 Å². The van der Waals surface area contributed by atoms with E-state index in [9.17, 15) is 18.7 Å². The molecular formula is C23H19ClF2N4O3. The molecule has 0 spiro atoms. The molecule has 170 valence electrons. The number of carbonyl (C=O) groups excluding carboxylic acids is 1. The minimum absolute atomic E-state index is 0.0676. The van der Waals surface area contributed by atoms with Gasteiger partial charge in [0.05, 0.1) is 23.8 Å². The van der Waals surface area contributed by atoms with E-state index in [1.165, 1.54) is 30.6 Å². The van der Waals surface area contributed by atoms with E-state index in [-0.39, 0.29) is 29.4 Å². The number of ether oxygens (including phenoxy) is 1. The van der Waals surface area contributed by atoms with Crippen LogP contribution in [0, 0.1) is 11.8 Å². The Morgan fingerprint density at radius 3 is 2.48 bits per heavy atom. The summed E-state index contributed by atoms with van der Waals surface area (Å²) in [5, 5.41) is 13.0. The summed E-state index contributed by atoms with van der Waals surface area (Å²) in [7, 11) is 0. The Morgan fingerprint density at radius 1 is 1.15 bits per heavy atom. The average molecular weight is 473 g/mol. The van der Waals surface area contributed by atoms with Gasteiger partial charge in [-0.1, -0.05) is 35.6 Å². The molecule has 1 heterocycles. The number of nitrogens with zero attached hydrogens (tertiary/aromatic N) is 2. The van der Waals surface area contributed by atoms with Crippen LogP contribution in [0.2, 0.25) is 5.02 Å². The van der Waals surface area contributed by atoms with Crippen LogP contribution >= 0.6 is 11.6 Å². The van der Waals surface area contributed by atoms with E-state index in [4.69, 9.17) is 17.3 Å². The van der Waals surface area contributed by atoms with Crippen molar-refractivity contribution in [3.05, 3.63) is 82.1 Å². The maximum Gasteiger partial charge on any atom is 0.387 e. The third-order valence-electron chi connectivity index (χ3n) is 4.42. The minimum Gasteiger partial charge on any atom is -0.434 e. The summed E-state index contributed by atoms with van der Waals surface area (Å²) in [5.41, 5.74) is 6.92. The number of alkyl halides is 2. The number of amides is 1. The summed E-state index contributed by atoms with van der Waals surface area (Å²) < 4.78 is 30.1. The van der Waals surface area contributed by atoms with Crippen LogP contribution in [-0.4, -0.2) is 40.2 Å². The van der Waals surface area contributed by atoms with Gasteiger partial charge >= 0.3 is 6.61 Å². The Bertz CT molecular complexity index is 1160. The second-order valence-corrected chi connectivity index (χ2v) is 7.29. The summed E-state index contributed by atoms with van der Waals surface area (Å²) in [5.74, 6) is 4.78. The molecule has 0 unspecified atom stereocenters. The molecule has 1 atom stereocenters. The Morgan fingerprint density at radius 2 is 1.85 bits per heavy atom. The van der Waals surface area contributed by atoms with Crippen molar-refractivity contribution in [2.45, 2.75) is 19.1 Å². The Labute approximate surface area is 193 Å². The van der Waals surface area contributed by atoms with E-state index in [1.54, 1.807) is 24.3 Å². The van der Waals surface area contributed by atoms with Crippen molar-refractivity contribution in [3.63, 3.8) is 0 Å². The average Bonchev–Trinajstić information content (AvgIpc) is 2.80. The molecular weight excluding hydrogens is 454 g/mol. The van der Waals surface area contributed by atoms with Gasteiger partial charge in [0.2, 0.25) is 5.95 Å². The lowest BCUT2D eigenvalue weighted by Crippen LogP contribution is -2.39. The van der Waals surface area contributed by atoms with Gasteiger partial charge in [0, 0.05) is 23.0 Å². The quantitative estimate of drug-likeness (QED) is 0.456. The number of hydrogen-bond donors (Lipinski definition) is 3. The number of aliphatic hydroxyl groups excluding tert-OH is 1. The zero-order valence-electron chi connectivity index (χ0n) is 17.1. The Balaban J connectivity index is 1.81. The number of benzene rings is 2. The fourth-order valence-electron chi connectivity index (χ4n) is 2.84. The van der Waals surface area contributed by atoms with Crippen LogP contribution in [0.15, 0.2) is 54.9 Å². The van der Waals surface area contributed by atoms with Gasteiger partial charge in [0.15, 0.2) is 0 Å². The molecule has 0 aliphatic rings. The number of rotatable bonds is 7. The van der Waals surface area contributed by atoms with Gasteiger partial charge < -0.3 is 20.9 Å². The molecule has 0 radical (unpaired) electrons. The van der Waals surface area contributed by atoms with Gasteiger partial charge in [-0.2, -0.15) is 8.78 Å². The van der Waals surface area contributed by atoms with E-state index >= 15 is 0 Å². The van der Waals surface area contributed by atoms with E-state index in [2.05, 4.69) is 31.9 Å². The molecule has 4 N–H and O–H groups in total. The summed E-state index contributed by atoms with van der Waals surface area (Å²) in [6.45, 7) is -3.37. The second-order valence-electron chi connectivity index (χ2n) is 6.85. The first-order chi connectivity index (χ1) is 15.8. The van der Waals surface area contributed by atoms with Crippen LogP contribution in [-0.2, 0) is 6.42 Å². The minimum atomic E-state index is -3.07. The number of nitrogen functional groups attached to an aromatic ring is 1. The molecule has 0 saturated heterocycles. The van der Waals surface area contributed by atoms with Crippen LogP contribution < -0.4 is 15.8 Å². The fraction of sp³-hybridized carbons (Fsp3) is 0.174. The molecule has 0 bridgehead atoms. The van der Waals surface area contributed by atoms with Gasteiger partial charge in [0.1, 0.15) is 5.75 Å². The standard InChI is InChI=1S/C23H19ClF2N4O3/c24-18-6-2-14(3-7-18)9-19(13-31)30-21(32)17-5-8-20(33-22(25)26)16(10-17)4-1-15-11-28-23(27)29-12-15/h2-3,5-8,10-12,19,22,31H,9,13H2,(H,30,32)(H2,27,28,29)/t19-/m0/s1. The molecule has 33 heavy (non-hydrogen) atoms. The molecule has 3 aromatic rings. The molecule has 0 aliphatic carbocycles. The molecule has 0 fully saturated rings. The number of anilines is 1. The molecule has 1 amide bonds. The zero-order chi connectivity index (χ0) is 23.8. The van der Waals surface area contributed by atoms with Gasteiger partial charge in [-0.3, -0.25) is 4.79 Å². The van der Waals surface area contributed by atoms with E-state index < -0.39 is 18.6 Å². The third-order valence-corrected chi connectivity index (χ3v) is 4.67. The normalized spacial score (nSPS) is 11.4. The highest BCUT2D eigenvalue weighted by Gasteiger charge is 2.16. The lowest BCUT2D eigenvalue weighted by atomic mass is 10.0. The number of aromatic nitrogens is 2. The SMILES string of the molecule is Nc1ncc(C#Cc2cc(C(=O)N[C@H](CO)Cc3ccc(Cl)cc3)ccc2OC(F)F)cn1. The second kappa shape index (κ2) is 11.2. The predicted octanol–water partition coefficient (Wildman–Crippen LogP) is 3.05. The molecule has 1 aromatic heterocycles. The van der Waals surface area contributed by atoms with Crippen molar-refractivity contribution in [2.75, 3.05) is 12.3 Å². The highest BCUT2D eigenvalue weighted by atomic mass is 35.5. The molecule has 0 saturated carbocycles. The highest BCUT2D eigenvalue weighted by molar-refractivity contribution is 6.30. The number of carbonyl (C=O) groups is 1. The van der Waals surface area contributed by atoms with Crippen LogP contribution in [0.25, 0.3) is 0 Å². The fourth-order valence-corrected chi connectivity index (χ4v) is 2.97. The van der Waals surface area contributed by atoms with Crippen molar-refractivity contribution in [3.8, 4) is 17.6 Å². The first kappa shape index (κ1) is 23.9. The molecule has 3 rings (SSSR count). The van der Waals surface area contributed by atoms with E-state index in [0.29, 0.717) is 17.0 Å². The predicted molar refractivity (Wildman–Crippen MR) is 119 cm³/mol. The first-order valence-corrected chi connectivity index (χ1v) is 10.1. The van der Waals surface area contributed by atoms with E-state index in [0.717, 1.165) is 5.56 Å². The van der Waals surface area contributed by atoms with Gasteiger partial charge in [-0.05, 0) is 42.3 Å². The monoisotopic (exact) mass is 472 g/mol. The number of halogens is 3. The Kier molecular flexibility index (Phi) is 8.13. The number of aliphatic hydroxyl groups is 1. The zero-order valence-corrected chi connectivity index (χ0v) is 17.9. The van der Waals surface area contributed by atoms with Crippen molar-refractivity contribution < 1.29 is 23.4 Å². The third kappa shape index (κ3) is 7.14. The van der Waals surface area contributed by atoms with Crippen molar-refractivity contribution in [1.29, 1.82) is 0 Å². The highest BCUT2D eigenvalue weighted by Crippen LogP contribution is 2.22. The van der Waals surface area contributed by atoms with Crippen LogP contribution in [0.3, 0.4) is 0 Å². The topological polar surface area (TPSA) is 110 Å². The largest absolute Gasteiger partial charge is 0.434 e. The maximum atomic E-state index is 12.8. The Hall–Kier alpha value is -3.74. The summed E-state index contributed by atoms with van der Waals surface area (Å²) in [6.07, 6.45) is 3.13. The summed E-state index contributed by atoms with van der Waals surface area (Å²) in [4.78, 5) is 20.4. The summed E-state index contributed by atoms with van der Waals surface area (Å²) in [6, 6.07) is 10.3. The molecule has 2 aromatic carbocycles. The first-order valence-electron chi connectivity index (χ1n) is 9.68. The number of nitrogens with one attached hydrogen (secondary N) is 1. The maximum absolute atomic E-state index is 12.8. The molecule has 7 nitrogen and oxygen atoms in total. The lowest BCUT2D eigenvalue weighted by molar-refractivity contribution is -0.0500. The van der Waals surface area contributed by atoms with Gasteiger partial charge in [-0.25, -0.2) is 9.97 Å². The summed E-state index contributed by atoms with van der Waals surface area (Å²) >= 11 is 5.88. The lowest BCUT2D eigenvalue weighted by Gasteiger charge is -2.17. The molecule has 0 aliphatic heterocycles. The van der Waals surface area contributed by atoms with Crippen LogP contribution in [0.1, 0.15) is 27.0 Å². The van der Waals surface area contributed by atoms with Crippen LogP contribution in [0.5, 0.6) is 5.75 Å². The smallest absolute Gasteiger partial charge is 0.387 e. The van der Waals surface area contributed by atoms with E-state index in [1.807, 2.05) is 0 Å². The van der Waals surface area contributed by atoms with Crippen molar-refractivity contribution in [1.82, 2.24) is 15.3 Å². The van der Waals surface area contributed by atoms with Crippen LogP contribution in [0.4, 0.5) is 14.7 Å². The number of hydrogen-bond acceptors (Lipinski definition) is 6. The number of nitrogens with two attached hydrogens (primary N) is 1. The van der Waals surface area contributed by atoms with Gasteiger partial charge in [0.25, 0.3) is 5.91 Å². The molecule has 10 heteroatoms. The van der Waals surface area contributed by atoms with Crippen molar-refractivity contribution >= 4 is 23.5 Å². The van der Waals surface area contributed by atoms with Crippen molar-refractivity contribution in [2.24, 2.45) is 0 Å².